The lowest BCUT2D eigenvalue weighted by Crippen LogP contribution is -2.43. The highest BCUT2D eigenvalue weighted by atomic mass is 32.2. The predicted octanol–water partition coefficient (Wildman–Crippen LogP) is 3.74. The molecule has 3 rings (SSSR count). The number of sulfonamides is 1. The van der Waals surface area contributed by atoms with Gasteiger partial charge in [-0.1, -0.05) is 12.1 Å². The lowest BCUT2D eigenvalue weighted by atomic mass is 9.99. The molecule has 2 aromatic rings. The molecule has 1 atom stereocenters. The molecule has 1 aliphatic heterocycles. The summed E-state index contributed by atoms with van der Waals surface area (Å²) in [6.07, 6.45) is 1.33. The molecular formula is C22H28N2O4S. The van der Waals surface area contributed by atoms with Crippen molar-refractivity contribution in [1.29, 1.82) is 0 Å². The Labute approximate surface area is 172 Å². The van der Waals surface area contributed by atoms with Gasteiger partial charge in [-0.25, -0.2) is 8.42 Å². The van der Waals surface area contributed by atoms with Gasteiger partial charge in [0.2, 0.25) is 15.9 Å². The Bertz CT molecular complexity index is 971. The van der Waals surface area contributed by atoms with Gasteiger partial charge < -0.3 is 10.1 Å². The normalized spacial score (nSPS) is 17.7. The Morgan fingerprint density at radius 2 is 1.90 bits per heavy atom. The molecule has 1 aliphatic rings. The molecule has 0 radical (unpaired) electrons. The van der Waals surface area contributed by atoms with Crippen LogP contribution in [0.4, 0.5) is 5.69 Å². The van der Waals surface area contributed by atoms with Crippen LogP contribution in [0, 0.1) is 19.8 Å². The first kappa shape index (κ1) is 21.3. The monoisotopic (exact) mass is 416 g/mol. The van der Waals surface area contributed by atoms with Crippen molar-refractivity contribution in [1.82, 2.24) is 4.31 Å². The molecule has 6 nitrogen and oxygen atoms in total. The van der Waals surface area contributed by atoms with Crippen molar-refractivity contribution in [2.75, 3.05) is 25.0 Å². The van der Waals surface area contributed by atoms with Crippen molar-refractivity contribution < 1.29 is 17.9 Å². The Morgan fingerprint density at radius 3 is 2.59 bits per heavy atom. The van der Waals surface area contributed by atoms with Crippen LogP contribution in [0.2, 0.25) is 0 Å². The van der Waals surface area contributed by atoms with Crippen LogP contribution in [0.1, 0.15) is 30.9 Å². The summed E-state index contributed by atoms with van der Waals surface area (Å²) in [5.74, 6) is 0.208. The molecule has 0 unspecified atom stereocenters. The van der Waals surface area contributed by atoms with Crippen LogP contribution in [0.3, 0.4) is 0 Å². The molecule has 2 aromatic carbocycles. The number of carbonyl (C=O) groups excluding carboxylic acids is 1. The van der Waals surface area contributed by atoms with Gasteiger partial charge in [0.25, 0.3) is 0 Å². The minimum absolute atomic E-state index is 0.157. The largest absolute Gasteiger partial charge is 0.494 e. The maximum atomic E-state index is 13.2. The molecular weight excluding hydrogens is 388 g/mol. The lowest BCUT2D eigenvalue weighted by molar-refractivity contribution is -0.120. The van der Waals surface area contributed by atoms with Gasteiger partial charge in [-0.2, -0.15) is 4.31 Å². The van der Waals surface area contributed by atoms with E-state index in [2.05, 4.69) is 5.32 Å². The number of benzene rings is 2. The van der Waals surface area contributed by atoms with E-state index in [9.17, 15) is 13.2 Å². The number of nitrogens with one attached hydrogen (secondary N) is 1. The van der Waals surface area contributed by atoms with E-state index in [0.717, 1.165) is 16.9 Å². The minimum Gasteiger partial charge on any atom is -0.494 e. The van der Waals surface area contributed by atoms with Crippen molar-refractivity contribution in [3.8, 4) is 5.75 Å². The SMILES string of the molecule is CCOc1ccc(NC(=O)[C@@H]2CCCN(S(=O)(=O)c3cc(C)ccc3C)C2)cc1. The first-order valence-electron chi connectivity index (χ1n) is 9.92. The topological polar surface area (TPSA) is 75.7 Å². The van der Waals surface area contributed by atoms with Crippen molar-refractivity contribution in [3.63, 3.8) is 0 Å². The fourth-order valence-electron chi connectivity index (χ4n) is 3.54. The number of ether oxygens (including phenoxy) is 1. The molecule has 29 heavy (non-hydrogen) atoms. The van der Waals surface area contributed by atoms with Crippen LogP contribution >= 0.6 is 0 Å². The van der Waals surface area contributed by atoms with E-state index in [1.165, 1.54) is 4.31 Å². The van der Waals surface area contributed by atoms with Gasteiger partial charge in [0.05, 0.1) is 17.4 Å². The molecule has 0 aromatic heterocycles. The van der Waals surface area contributed by atoms with Crippen molar-refractivity contribution >= 4 is 21.6 Å². The maximum Gasteiger partial charge on any atom is 0.243 e. The van der Waals surface area contributed by atoms with Crippen LogP contribution in [0.25, 0.3) is 0 Å². The number of hydrogen-bond acceptors (Lipinski definition) is 4. The summed E-state index contributed by atoms with van der Waals surface area (Å²) in [6.45, 7) is 6.80. The quantitative estimate of drug-likeness (QED) is 0.778. The first-order chi connectivity index (χ1) is 13.8. The molecule has 156 valence electrons. The second-order valence-corrected chi connectivity index (χ2v) is 9.32. The Balaban J connectivity index is 1.71. The van der Waals surface area contributed by atoms with E-state index < -0.39 is 10.0 Å². The molecule has 1 amide bonds. The summed E-state index contributed by atoms with van der Waals surface area (Å²) < 4.78 is 33.2. The second-order valence-electron chi connectivity index (χ2n) is 7.42. The van der Waals surface area contributed by atoms with E-state index in [-0.39, 0.29) is 18.4 Å². The van der Waals surface area contributed by atoms with Gasteiger partial charge >= 0.3 is 0 Å². The van der Waals surface area contributed by atoms with Gasteiger partial charge in [0.15, 0.2) is 0 Å². The molecule has 0 aliphatic carbocycles. The smallest absolute Gasteiger partial charge is 0.243 e. The van der Waals surface area contributed by atoms with E-state index in [1.54, 1.807) is 37.3 Å². The molecule has 1 heterocycles. The first-order valence-corrected chi connectivity index (χ1v) is 11.4. The number of nitrogens with zero attached hydrogens (tertiary/aromatic N) is 1. The molecule has 0 spiro atoms. The summed E-state index contributed by atoms with van der Waals surface area (Å²) in [5, 5.41) is 2.90. The second kappa shape index (κ2) is 8.97. The Kier molecular flexibility index (Phi) is 6.59. The summed E-state index contributed by atoms with van der Waals surface area (Å²) in [6, 6.07) is 12.6. The van der Waals surface area contributed by atoms with Gasteiger partial charge in [-0.05, 0) is 75.1 Å². The standard InChI is InChI=1S/C22H28N2O4S/c1-4-28-20-11-9-19(10-12-20)23-22(25)18-6-5-13-24(15-18)29(26,27)21-14-16(2)7-8-17(21)3/h7-12,14,18H,4-6,13,15H2,1-3H3,(H,23,25)/t18-/m1/s1. The fourth-order valence-corrected chi connectivity index (χ4v) is 5.38. The number of piperidine rings is 1. The van der Waals surface area contributed by atoms with Crippen LogP contribution in [0.15, 0.2) is 47.4 Å². The van der Waals surface area contributed by atoms with Crippen molar-refractivity contribution in [2.24, 2.45) is 5.92 Å². The van der Waals surface area contributed by atoms with Gasteiger partial charge in [-0.3, -0.25) is 4.79 Å². The van der Waals surface area contributed by atoms with E-state index in [0.29, 0.717) is 36.6 Å². The number of hydrogen-bond donors (Lipinski definition) is 1. The minimum atomic E-state index is -3.63. The van der Waals surface area contributed by atoms with E-state index in [1.807, 2.05) is 26.0 Å². The Morgan fingerprint density at radius 1 is 1.17 bits per heavy atom. The number of rotatable bonds is 6. The molecule has 7 heteroatoms. The number of anilines is 1. The molecule has 0 saturated carbocycles. The highest BCUT2D eigenvalue weighted by Gasteiger charge is 2.34. The summed E-state index contributed by atoms with van der Waals surface area (Å²) in [7, 11) is -3.63. The van der Waals surface area contributed by atoms with Crippen molar-refractivity contribution in [2.45, 2.75) is 38.5 Å². The fraction of sp³-hybridized carbons (Fsp3) is 0.409. The highest BCUT2D eigenvalue weighted by Crippen LogP contribution is 2.27. The number of amides is 1. The van der Waals surface area contributed by atoms with E-state index in [4.69, 9.17) is 4.74 Å². The highest BCUT2D eigenvalue weighted by molar-refractivity contribution is 7.89. The summed E-state index contributed by atoms with van der Waals surface area (Å²) in [5.41, 5.74) is 2.29. The zero-order valence-corrected chi connectivity index (χ0v) is 18.0. The van der Waals surface area contributed by atoms with Crippen molar-refractivity contribution in [3.05, 3.63) is 53.6 Å². The summed E-state index contributed by atoms with van der Waals surface area (Å²) >= 11 is 0. The van der Waals surface area contributed by atoms with Gasteiger partial charge in [0.1, 0.15) is 5.75 Å². The molecule has 1 fully saturated rings. The van der Waals surface area contributed by atoms with E-state index >= 15 is 0 Å². The third kappa shape index (κ3) is 4.97. The van der Waals surface area contributed by atoms with Gasteiger partial charge in [0, 0.05) is 18.8 Å². The third-order valence-corrected chi connectivity index (χ3v) is 7.16. The maximum absolute atomic E-state index is 13.2. The van der Waals surface area contributed by atoms with Crippen LogP contribution in [0.5, 0.6) is 5.75 Å². The zero-order valence-electron chi connectivity index (χ0n) is 17.1. The number of aryl methyl sites for hydroxylation is 2. The average molecular weight is 417 g/mol. The molecule has 1 saturated heterocycles. The lowest BCUT2D eigenvalue weighted by Gasteiger charge is -2.31. The molecule has 1 N–H and O–H groups in total. The number of carbonyl (C=O) groups is 1. The molecule has 0 bridgehead atoms. The van der Waals surface area contributed by atoms with Gasteiger partial charge in [-0.15, -0.1) is 0 Å². The van der Waals surface area contributed by atoms with Crippen LogP contribution in [-0.2, 0) is 14.8 Å². The third-order valence-electron chi connectivity index (χ3n) is 5.15. The zero-order chi connectivity index (χ0) is 21.0. The Hall–Kier alpha value is -2.38. The predicted molar refractivity (Wildman–Crippen MR) is 114 cm³/mol. The summed E-state index contributed by atoms with van der Waals surface area (Å²) in [4.78, 5) is 13.1. The van der Waals surface area contributed by atoms with Crippen LogP contribution < -0.4 is 10.1 Å². The van der Waals surface area contributed by atoms with Crippen LogP contribution in [-0.4, -0.2) is 38.3 Å². The average Bonchev–Trinajstić information content (AvgIpc) is 2.71.